The number of aliphatic hydroxyl groups is 1. The minimum Gasteiger partial charge on any atom is -0.396 e. The Kier molecular flexibility index (Phi) is 4.68. The molecule has 0 aromatic heterocycles. The molecule has 0 unspecified atom stereocenters. The third-order valence-corrected chi connectivity index (χ3v) is 4.92. The van der Waals surface area contributed by atoms with Gasteiger partial charge in [-0.1, -0.05) is 12.8 Å². The van der Waals surface area contributed by atoms with Crippen LogP contribution in [0, 0.1) is 11.3 Å². The Morgan fingerprint density at radius 2 is 2.10 bits per heavy atom. The fourth-order valence-corrected chi connectivity index (χ4v) is 3.60. The molecule has 1 N–H and O–H groups in total. The highest BCUT2D eigenvalue weighted by Crippen LogP contribution is 2.38. The van der Waals surface area contributed by atoms with E-state index in [1.165, 1.54) is 0 Å². The van der Waals surface area contributed by atoms with E-state index < -0.39 is 0 Å². The molecule has 1 saturated heterocycles. The molecule has 1 atom stereocenters. The maximum atomic E-state index is 12.5. The molecule has 1 heterocycles. The highest BCUT2D eigenvalue weighted by Gasteiger charge is 2.37. The first kappa shape index (κ1) is 15.3. The zero-order chi connectivity index (χ0) is 14.8. The summed E-state index contributed by atoms with van der Waals surface area (Å²) in [7, 11) is 3.59. The summed E-state index contributed by atoms with van der Waals surface area (Å²) in [4.78, 5) is 27.4. The average molecular weight is 282 g/mol. The molecule has 0 radical (unpaired) electrons. The predicted octanol–water partition coefficient (Wildman–Crippen LogP) is 0.866. The third kappa shape index (κ3) is 3.14. The first-order valence-corrected chi connectivity index (χ1v) is 7.57. The number of carbonyl (C=O) groups is 2. The van der Waals surface area contributed by atoms with Crippen molar-refractivity contribution in [3.05, 3.63) is 0 Å². The summed E-state index contributed by atoms with van der Waals surface area (Å²) in [5.41, 5.74) is -0.0964. The number of piperidine rings is 1. The van der Waals surface area contributed by atoms with E-state index in [1.807, 2.05) is 7.05 Å². The van der Waals surface area contributed by atoms with Crippen LogP contribution in [0.5, 0.6) is 0 Å². The molecule has 0 aromatic rings. The van der Waals surface area contributed by atoms with Gasteiger partial charge in [-0.05, 0) is 19.3 Å². The van der Waals surface area contributed by atoms with Crippen molar-refractivity contribution in [2.75, 3.05) is 33.8 Å². The minimum atomic E-state index is -0.0964. The fraction of sp³-hybridized carbons (Fsp3) is 0.867. The van der Waals surface area contributed by atoms with Crippen LogP contribution in [0.25, 0.3) is 0 Å². The second-order valence-corrected chi connectivity index (χ2v) is 6.57. The maximum Gasteiger partial charge on any atom is 0.227 e. The minimum absolute atomic E-state index is 0.0835. The quantitative estimate of drug-likeness (QED) is 0.832. The van der Waals surface area contributed by atoms with Crippen molar-refractivity contribution in [1.29, 1.82) is 0 Å². The smallest absolute Gasteiger partial charge is 0.227 e. The van der Waals surface area contributed by atoms with E-state index in [4.69, 9.17) is 0 Å². The molecule has 2 rings (SSSR count). The van der Waals surface area contributed by atoms with E-state index in [0.29, 0.717) is 25.9 Å². The summed E-state index contributed by atoms with van der Waals surface area (Å²) in [5, 5.41) is 9.64. The van der Waals surface area contributed by atoms with Gasteiger partial charge in [0.1, 0.15) is 0 Å². The van der Waals surface area contributed by atoms with E-state index in [0.717, 1.165) is 25.7 Å². The number of rotatable bonds is 4. The molecule has 20 heavy (non-hydrogen) atoms. The summed E-state index contributed by atoms with van der Waals surface area (Å²) < 4.78 is 0. The molecule has 5 nitrogen and oxygen atoms in total. The molecule has 1 saturated carbocycles. The monoisotopic (exact) mass is 282 g/mol. The molecule has 1 aliphatic carbocycles. The molecular formula is C15H26N2O3. The Labute approximate surface area is 120 Å². The summed E-state index contributed by atoms with van der Waals surface area (Å²) in [5.74, 6) is 0.156. The molecule has 0 aromatic carbocycles. The number of hydrogen-bond acceptors (Lipinski definition) is 3. The lowest BCUT2D eigenvalue weighted by Crippen LogP contribution is -2.47. The van der Waals surface area contributed by atoms with E-state index in [1.54, 1.807) is 16.8 Å². The van der Waals surface area contributed by atoms with Gasteiger partial charge in [0.05, 0.1) is 12.5 Å². The van der Waals surface area contributed by atoms with E-state index >= 15 is 0 Å². The third-order valence-electron chi connectivity index (χ3n) is 4.92. The van der Waals surface area contributed by atoms with Crippen molar-refractivity contribution in [3.8, 4) is 0 Å². The van der Waals surface area contributed by atoms with E-state index in [9.17, 15) is 14.7 Å². The van der Waals surface area contributed by atoms with Crippen molar-refractivity contribution in [3.63, 3.8) is 0 Å². The van der Waals surface area contributed by atoms with Gasteiger partial charge in [-0.15, -0.1) is 0 Å². The Bertz CT molecular complexity index is 377. The standard InChI is InChI=1S/C15H26N2O3/c1-16-9-12(5-6-13(16)19)14(20)17(2)10-15(11-18)7-3-4-8-15/h12,18H,3-11H2,1-2H3/t12-/m1/s1. The fourth-order valence-electron chi connectivity index (χ4n) is 3.60. The van der Waals surface area contributed by atoms with Gasteiger partial charge in [-0.2, -0.15) is 0 Å². The van der Waals surface area contributed by atoms with Crippen LogP contribution < -0.4 is 0 Å². The SMILES string of the molecule is CN1C[C@H](C(=O)N(C)CC2(CO)CCCC2)CCC1=O. The molecule has 114 valence electrons. The van der Waals surface area contributed by atoms with Crippen LogP contribution in [0.15, 0.2) is 0 Å². The van der Waals surface area contributed by atoms with Crippen LogP contribution in [0.1, 0.15) is 38.5 Å². The van der Waals surface area contributed by atoms with Crippen molar-refractivity contribution in [1.82, 2.24) is 9.80 Å². The van der Waals surface area contributed by atoms with Gasteiger partial charge in [0.25, 0.3) is 0 Å². The average Bonchev–Trinajstić information content (AvgIpc) is 2.90. The Hall–Kier alpha value is -1.10. The molecule has 2 aliphatic rings. The van der Waals surface area contributed by atoms with Gasteiger partial charge in [-0.3, -0.25) is 9.59 Å². The first-order valence-electron chi connectivity index (χ1n) is 7.57. The topological polar surface area (TPSA) is 60.9 Å². The largest absolute Gasteiger partial charge is 0.396 e. The van der Waals surface area contributed by atoms with E-state index in [2.05, 4.69) is 0 Å². The molecule has 2 amide bonds. The summed E-state index contributed by atoms with van der Waals surface area (Å²) in [6, 6.07) is 0. The van der Waals surface area contributed by atoms with Crippen molar-refractivity contribution in [2.24, 2.45) is 11.3 Å². The number of likely N-dealkylation sites (tertiary alicyclic amines) is 1. The lowest BCUT2D eigenvalue weighted by Gasteiger charge is -2.36. The Balaban J connectivity index is 1.93. The zero-order valence-electron chi connectivity index (χ0n) is 12.6. The van der Waals surface area contributed by atoms with Crippen LogP contribution in [0.2, 0.25) is 0 Å². The van der Waals surface area contributed by atoms with E-state index in [-0.39, 0.29) is 29.8 Å². The van der Waals surface area contributed by atoms with Crippen molar-refractivity contribution in [2.45, 2.75) is 38.5 Å². The number of hydrogen-bond donors (Lipinski definition) is 1. The van der Waals surface area contributed by atoms with Crippen LogP contribution in [0.4, 0.5) is 0 Å². The predicted molar refractivity (Wildman–Crippen MR) is 76.0 cm³/mol. The number of nitrogens with zero attached hydrogens (tertiary/aromatic N) is 2. The van der Waals surface area contributed by atoms with Crippen LogP contribution in [-0.2, 0) is 9.59 Å². The van der Waals surface area contributed by atoms with Crippen LogP contribution in [0.3, 0.4) is 0 Å². The van der Waals surface area contributed by atoms with Crippen molar-refractivity contribution >= 4 is 11.8 Å². The molecule has 5 heteroatoms. The molecule has 0 spiro atoms. The molecular weight excluding hydrogens is 256 g/mol. The lowest BCUT2D eigenvalue weighted by molar-refractivity contribution is -0.142. The number of aliphatic hydroxyl groups excluding tert-OH is 1. The zero-order valence-corrected chi connectivity index (χ0v) is 12.6. The normalized spacial score (nSPS) is 25.9. The summed E-state index contributed by atoms with van der Waals surface area (Å²) >= 11 is 0. The van der Waals surface area contributed by atoms with Gasteiger partial charge >= 0.3 is 0 Å². The van der Waals surface area contributed by atoms with Gasteiger partial charge in [0.15, 0.2) is 0 Å². The second kappa shape index (κ2) is 6.12. The summed E-state index contributed by atoms with van der Waals surface area (Å²) in [6.45, 7) is 1.32. The van der Waals surface area contributed by atoms with Crippen molar-refractivity contribution < 1.29 is 14.7 Å². The number of amides is 2. The first-order chi connectivity index (χ1) is 9.47. The molecule has 1 aliphatic heterocycles. The Morgan fingerprint density at radius 3 is 2.65 bits per heavy atom. The van der Waals surface area contributed by atoms with Crippen LogP contribution >= 0.6 is 0 Å². The van der Waals surface area contributed by atoms with Gasteiger partial charge < -0.3 is 14.9 Å². The summed E-state index contributed by atoms with van der Waals surface area (Å²) in [6.07, 6.45) is 5.41. The van der Waals surface area contributed by atoms with Crippen LogP contribution in [-0.4, -0.2) is 60.5 Å². The lowest BCUT2D eigenvalue weighted by atomic mass is 9.86. The highest BCUT2D eigenvalue weighted by atomic mass is 16.3. The molecule has 2 fully saturated rings. The maximum absolute atomic E-state index is 12.5. The number of carbonyl (C=O) groups excluding carboxylic acids is 2. The highest BCUT2D eigenvalue weighted by molar-refractivity contribution is 5.83. The molecule has 0 bridgehead atoms. The second-order valence-electron chi connectivity index (χ2n) is 6.57. The Morgan fingerprint density at radius 1 is 1.45 bits per heavy atom. The van der Waals surface area contributed by atoms with Gasteiger partial charge in [-0.25, -0.2) is 0 Å². The van der Waals surface area contributed by atoms with Gasteiger partial charge in [0, 0.05) is 39.0 Å². The van der Waals surface area contributed by atoms with Gasteiger partial charge in [0.2, 0.25) is 11.8 Å².